The Morgan fingerprint density at radius 2 is 2.00 bits per heavy atom. The second-order valence-corrected chi connectivity index (χ2v) is 5.69. The van der Waals surface area contributed by atoms with Gasteiger partial charge in [0.15, 0.2) is 0 Å². The smallest absolute Gasteiger partial charge is 0.326 e. The summed E-state index contributed by atoms with van der Waals surface area (Å²) < 4.78 is 30.6. The highest BCUT2D eigenvalue weighted by Gasteiger charge is 2.25. The van der Waals surface area contributed by atoms with Crippen LogP contribution in [0, 0.1) is 0 Å². The van der Waals surface area contributed by atoms with Crippen molar-refractivity contribution in [3.05, 3.63) is 35.9 Å². The number of nitrogens with one attached hydrogen (secondary N) is 1. The fourth-order valence-corrected chi connectivity index (χ4v) is 2.51. The Morgan fingerprint density at radius 3 is 2.53 bits per heavy atom. The number of carboxylic acids is 1. The summed E-state index contributed by atoms with van der Waals surface area (Å²) in [6.07, 6.45) is 0. The van der Waals surface area contributed by atoms with Gasteiger partial charge in [-0.1, -0.05) is 30.3 Å². The maximum atomic E-state index is 11.7. The predicted octanol–water partition coefficient (Wildman–Crippen LogP) is 0.768. The molecule has 0 bridgehead atoms. The number of carbonyl (C=O) groups is 1. The molecule has 2 N–H and O–H groups in total. The summed E-state index contributed by atoms with van der Waals surface area (Å²) in [5, 5.41) is 9.10. The lowest BCUT2D eigenvalue weighted by molar-refractivity contribution is -0.139. The Hall–Kier alpha value is -1.44. The van der Waals surface area contributed by atoms with Crippen LogP contribution in [0.3, 0.4) is 0 Å². The van der Waals surface area contributed by atoms with E-state index in [2.05, 4.69) is 4.72 Å². The van der Waals surface area contributed by atoms with E-state index in [1.165, 1.54) is 0 Å². The average molecular weight is 287 g/mol. The molecule has 1 rings (SSSR count). The molecule has 7 heteroatoms. The molecule has 0 saturated heterocycles. The summed E-state index contributed by atoms with van der Waals surface area (Å²) in [5.74, 6) is -1.51. The van der Waals surface area contributed by atoms with Gasteiger partial charge in [0, 0.05) is 6.61 Å². The van der Waals surface area contributed by atoms with Crippen LogP contribution in [0.25, 0.3) is 0 Å². The van der Waals surface area contributed by atoms with Crippen LogP contribution in [-0.2, 0) is 19.6 Å². The zero-order chi connectivity index (χ0) is 14.3. The van der Waals surface area contributed by atoms with Gasteiger partial charge in [-0.25, -0.2) is 8.42 Å². The number of hydrogen-bond donors (Lipinski definition) is 2. The highest BCUT2D eigenvalue weighted by atomic mass is 32.2. The SMILES string of the molecule is CCOCCS(=O)(=O)N[C@@H](C(=O)O)c1ccccc1. The number of aliphatic carboxylic acids is 1. The van der Waals surface area contributed by atoms with Crippen LogP contribution in [0.4, 0.5) is 0 Å². The minimum atomic E-state index is -3.70. The standard InChI is InChI=1S/C12H17NO5S/c1-2-18-8-9-19(16,17)13-11(12(14)15)10-6-4-3-5-7-10/h3-7,11,13H,2,8-9H2,1H3,(H,14,15)/t11-/m1/s1. The van der Waals surface area contributed by atoms with Crippen molar-refractivity contribution in [2.45, 2.75) is 13.0 Å². The molecule has 0 spiro atoms. The lowest BCUT2D eigenvalue weighted by Gasteiger charge is -2.15. The van der Waals surface area contributed by atoms with E-state index >= 15 is 0 Å². The van der Waals surface area contributed by atoms with E-state index in [1.54, 1.807) is 37.3 Å². The maximum Gasteiger partial charge on any atom is 0.326 e. The van der Waals surface area contributed by atoms with Crippen molar-refractivity contribution in [2.24, 2.45) is 0 Å². The van der Waals surface area contributed by atoms with Crippen LogP contribution in [-0.4, -0.2) is 38.5 Å². The molecular formula is C12H17NO5S. The van der Waals surface area contributed by atoms with E-state index in [0.717, 1.165) is 0 Å². The molecule has 0 amide bonds. The molecule has 0 aliphatic heterocycles. The number of ether oxygens (including phenoxy) is 1. The molecule has 106 valence electrons. The van der Waals surface area contributed by atoms with Crippen molar-refractivity contribution in [1.82, 2.24) is 4.72 Å². The first-order chi connectivity index (χ1) is 8.96. The largest absolute Gasteiger partial charge is 0.480 e. The van der Waals surface area contributed by atoms with E-state index in [4.69, 9.17) is 9.84 Å². The quantitative estimate of drug-likeness (QED) is 0.689. The summed E-state index contributed by atoms with van der Waals surface area (Å²) in [6, 6.07) is 6.87. The fourth-order valence-electron chi connectivity index (χ4n) is 1.46. The van der Waals surface area contributed by atoms with Crippen LogP contribution < -0.4 is 4.72 Å². The zero-order valence-corrected chi connectivity index (χ0v) is 11.4. The third kappa shape index (κ3) is 5.37. The fraction of sp³-hybridized carbons (Fsp3) is 0.417. The molecule has 0 heterocycles. The summed E-state index contributed by atoms with van der Waals surface area (Å²) in [7, 11) is -3.70. The number of carboxylic acid groups (broad SMARTS) is 1. The van der Waals surface area contributed by atoms with E-state index in [-0.39, 0.29) is 12.4 Å². The Morgan fingerprint density at radius 1 is 1.37 bits per heavy atom. The molecule has 0 saturated carbocycles. The number of hydrogen-bond acceptors (Lipinski definition) is 4. The number of benzene rings is 1. The van der Waals surface area contributed by atoms with Crippen molar-refractivity contribution in [1.29, 1.82) is 0 Å². The van der Waals surface area contributed by atoms with Gasteiger partial charge in [-0.15, -0.1) is 0 Å². The minimum Gasteiger partial charge on any atom is -0.480 e. The van der Waals surface area contributed by atoms with Gasteiger partial charge < -0.3 is 9.84 Å². The van der Waals surface area contributed by atoms with Gasteiger partial charge in [0.05, 0.1) is 12.4 Å². The Kier molecular flexibility index (Phi) is 5.94. The first-order valence-corrected chi connectivity index (χ1v) is 7.47. The van der Waals surface area contributed by atoms with E-state index in [9.17, 15) is 13.2 Å². The lowest BCUT2D eigenvalue weighted by atomic mass is 10.1. The molecule has 6 nitrogen and oxygen atoms in total. The summed E-state index contributed by atoms with van der Waals surface area (Å²) in [5.41, 5.74) is 0.384. The van der Waals surface area contributed by atoms with Crippen molar-refractivity contribution < 1.29 is 23.1 Å². The van der Waals surface area contributed by atoms with Crippen LogP contribution in [0.2, 0.25) is 0 Å². The van der Waals surface area contributed by atoms with E-state index < -0.39 is 22.0 Å². The molecule has 1 atom stereocenters. The zero-order valence-electron chi connectivity index (χ0n) is 10.6. The van der Waals surface area contributed by atoms with Crippen LogP contribution in [0.1, 0.15) is 18.5 Å². The van der Waals surface area contributed by atoms with Gasteiger partial charge in [0.1, 0.15) is 6.04 Å². The van der Waals surface area contributed by atoms with Gasteiger partial charge in [0.25, 0.3) is 0 Å². The van der Waals surface area contributed by atoms with Gasteiger partial charge >= 0.3 is 5.97 Å². The van der Waals surface area contributed by atoms with Crippen molar-refractivity contribution in [3.8, 4) is 0 Å². The summed E-state index contributed by atoms with van der Waals surface area (Å²) >= 11 is 0. The van der Waals surface area contributed by atoms with Gasteiger partial charge in [0.2, 0.25) is 10.0 Å². The number of rotatable bonds is 8. The third-order valence-electron chi connectivity index (χ3n) is 2.38. The first-order valence-electron chi connectivity index (χ1n) is 5.82. The second-order valence-electron chi connectivity index (χ2n) is 3.82. The minimum absolute atomic E-state index is 0.0347. The molecule has 0 aromatic heterocycles. The van der Waals surface area contributed by atoms with Crippen molar-refractivity contribution >= 4 is 16.0 Å². The first kappa shape index (κ1) is 15.6. The van der Waals surface area contributed by atoms with Gasteiger partial charge in [-0.05, 0) is 12.5 Å². The second kappa shape index (κ2) is 7.22. The van der Waals surface area contributed by atoms with Crippen LogP contribution >= 0.6 is 0 Å². The van der Waals surface area contributed by atoms with E-state index in [0.29, 0.717) is 12.2 Å². The molecule has 0 radical (unpaired) electrons. The molecule has 1 aromatic carbocycles. The molecule has 0 aliphatic carbocycles. The molecule has 0 aliphatic rings. The average Bonchev–Trinajstić information content (AvgIpc) is 2.37. The predicted molar refractivity (Wildman–Crippen MR) is 70.2 cm³/mol. The van der Waals surface area contributed by atoms with Crippen molar-refractivity contribution in [3.63, 3.8) is 0 Å². The van der Waals surface area contributed by atoms with Crippen LogP contribution in [0.5, 0.6) is 0 Å². The Balaban J connectivity index is 2.77. The van der Waals surface area contributed by atoms with Gasteiger partial charge in [-0.2, -0.15) is 4.72 Å². The molecular weight excluding hydrogens is 270 g/mol. The third-order valence-corrected chi connectivity index (χ3v) is 3.68. The lowest BCUT2D eigenvalue weighted by Crippen LogP contribution is -2.36. The van der Waals surface area contributed by atoms with E-state index in [1.807, 2.05) is 0 Å². The van der Waals surface area contributed by atoms with Gasteiger partial charge in [-0.3, -0.25) is 4.79 Å². The molecule has 1 aromatic rings. The van der Waals surface area contributed by atoms with Crippen molar-refractivity contribution in [2.75, 3.05) is 19.0 Å². The molecule has 0 unspecified atom stereocenters. The Bertz CT molecular complexity index is 500. The summed E-state index contributed by atoms with van der Waals surface area (Å²) in [6.45, 7) is 2.20. The number of sulfonamides is 1. The van der Waals surface area contributed by atoms with Crippen LogP contribution in [0.15, 0.2) is 30.3 Å². The summed E-state index contributed by atoms with van der Waals surface area (Å²) in [4.78, 5) is 11.1. The maximum absolute atomic E-state index is 11.7. The highest BCUT2D eigenvalue weighted by molar-refractivity contribution is 7.89. The monoisotopic (exact) mass is 287 g/mol. The normalized spacial score (nSPS) is 13.1. The highest BCUT2D eigenvalue weighted by Crippen LogP contribution is 2.13. The Labute approximate surface area is 112 Å². The molecule has 0 fully saturated rings. The molecule has 19 heavy (non-hydrogen) atoms. The topological polar surface area (TPSA) is 92.7 Å².